The molecule has 39 heavy (non-hydrogen) atoms. The van der Waals surface area contributed by atoms with Crippen LogP contribution in [0.1, 0.15) is 83.1 Å². The van der Waals surface area contributed by atoms with Crippen LogP contribution in [0.15, 0.2) is 0 Å². The van der Waals surface area contributed by atoms with Gasteiger partial charge in [0.15, 0.2) is 22.9 Å². The fourth-order valence-corrected chi connectivity index (χ4v) is 7.25. The minimum Gasteiger partial charge on any atom is -0.444 e. The van der Waals surface area contributed by atoms with Crippen LogP contribution < -0.4 is 0 Å². The Labute approximate surface area is 239 Å². The molecule has 2 rings (SSSR count). The van der Waals surface area contributed by atoms with Crippen molar-refractivity contribution >= 4 is 22.7 Å². The Morgan fingerprint density at radius 1 is 0.897 bits per heavy atom. The summed E-state index contributed by atoms with van der Waals surface area (Å²) in [5.74, 6) is 0. The number of nitrogens with zero attached hydrogens (tertiary/aromatic N) is 1. The van der Waals surface area contributed by atoms with Crippen LogP contribution >= 0.6 is 0 Å². The Kier molecular flexibility index (Phi) is 9.73. The smallest absolute Gasteiger partial charge is 0.413 e. The number of rotatable bonds is 6. The fraction of sp³-hybridized carbons (Fsp3) is 0.964. The van der Waals surface area contributed by atoms with Crippen LogP contribution in [0.2, 0.25) is 36.3 Å². The molecule has 0 spiro atoms. The van der Waals surface area contributed by atoms with Crippen LogP contribution in [0, 0.1) is 0 Å². The van der Waals surface area contributed by atoms with E-state index < -0.39 is 76.9 Å². The molecule has 0 saturated carbocycles. The standard InChI is InChI=1S/C28H57NO8Si2/c1-17-18(29(28(11,12)34-17)24(32)35-25(2,3)4)19(30)20-21(36-38(13,14)26(5,6)7)22(23(31)33-20)37-39(15,16)27(8,9)10/h17-23,30-31H,1-16H3/t17-,18+,19+,20-,21-,22+,23?/m0/s1. The van der Waals surface area contributed by atoms with Crippen LogP contribution in [0.3, 0.4) is 0 Å². The highest BCUT2D eigenvalue weighted by atomic mass is 28.4. The van der Waals surface area contributed by atoms with Gasteiger partial charge in [0.05, 0.1) is 12.1 Å². The maximum absolute atomic E-state index is 13.4. The topological polar surface area (TPSA) is 107 Å². The second-order valence-electron chi connectivity index (χ2n) is 15.8. The number of aliphatic hydroxyl groups excluding tert-OH is 2. The number of amides is 1. The van der Waals surface area contributed by atoms with Gasteiger partial charge in [0.25, 0.3) is 0 Å². The van der Waals surface area contributed by atoms with Gasteiger partial charge in [-0.25, -0.2) is 4.79 Å². The number of hydrogen-bond acceptors (Lipinski definition) is 8. The van der Waals surface area contributed by atoms with E-state index in [1.807, 2.05) is 6.92 Å². The summed E-state index contributed by atoms with van der Waals surface area (Å²) < 4.78 is 31.5. The van der Waals surface area contributed by atoms with Gasteiger partial charge in [0, 0.05) is 0 Å². The quantitative estimate of drug-likeness (QED) is 0.384. The zero-order valence-corrected chi connectivity index (χ0v) is 29.3. The first kappa shape index (κ1) is 34.7. The highest BCUT2D eigenvalue weighted by Crippen LogP contribution is 2.45. The minimum atomic E-state index is -2.41. The molecule has 1 unspecified atom stereocenters. The Hall–Kier alpha value is -0.536. The molecule has 0 aromatic carbocycles. The molecule has 0 bridgehead atoms. The summed E-state index contributed by atoms with van der Waals surface area (Å²) in [6, 6.07) is -0.802. The summed E-state index contributed by atoms with van der Waals surface area (Å²) in [5, 5.41) is 22.9. The van der Waals surface area contributed by atoms with Crippen LogP contribution in [0.25, 0.3) is 0 Å². The molecule has 2 N–H and O–H groups in total. The minimum absolute atomic E-state index is 0.115. The summed E-state index contributed by atoms with van der Waals surface area (Å²) in [6.07, 6.45) is -6.16. The summed E-state index contributed by atoms with van der Waals surface area (Å²) >= 11 is 0. The lowest BCUT2D eigenvalue weighted by molar-refractivity contribution is -0.153. The SMILES string of the molecule is C[C@@H]1OC(C)(C)N(C(=O)OC(C)(C)C)[C@H]1[C@@H](O)[C@@H]1OC(O)[C@H](O[Si](C)(C)C(C)(C)C)[C@H]1O[Si](C)(C)C(C)(C)C. The summed E-state index contributed by atoms with van der Waals surface area (Å²) in [5.41, 5.74) is -1.76. The zero-order valence-electron chi connectivity index (χ0n) is 27.3. The van der Waals surface area contributed by atoms with Gasteiger partial charge in [-0.15, -0.1) is 0 Å². The Morgan fingerprint density at radius 3 is 1.74 bits per heavy atom. The van der Waals surface area contributed by atoms with Gasteiger partial charge in [0.2, 0.25) is 0 Å². The first-order valence-corrected chi connectivity index (χ1v) is 20.0. The average molecular weight is 592 g/mol. The third kappa shape index (κ3) is 7.46. The molecule has 2 aliphatic heterocycles. The molecule has 2 aliphatic rings. The van der Waals surface area contributed by atoms with Crippen LogP contribution in [-0.4, -0.2) is 92.0 Å². The van der Waals surface area contributed by atoms with Gasteiger partial charge in [-0.2, -0.15) is 0 Å². The van der Waals surface area contributed by atoms with Crippen molar-refractivity contribution in [2.75, 3.05) is 0 Å². The van der Waals surface area contributed by atoms with Crippen molar-refractivity contribution in [2.24, 2.45) is 0 Å². The molecule has 2 fully saturated rings. The van der Waals surface area contributed by atoms with Crippen LogP contribution in [-0.2, 0) is 23.1 Å². The lowest BCUT2D eigenvalue weighted by Crippen LogP contribution is -2.60. The van der Waals surface area contributed by atoms with E-state index in [4.69, 9.17) is 23.1 Å². The second-order valence-corrected chi connectivity index (χ2v) is 25.3. The number of carbonyl (C=O) groups is 1. The first-order valence-electron chi connectivity index (χ1n) is 14.2. The van der Waals surface area contributed by atoms with Gasteiger partial charge in [-0.1, -0.05) is 41.5 Å². The van der Waals surface area contributed by atoms with E-state index in [9.17, 15) is 15.0 Å². The molecule has 11 heteroatoms. The Balaban J connectivity index is 2.55. The average Bonchev–Trinajstić information content (AvgIpc) is 3.10. The van der Waals surface area contributed by atoms with Gasteiger partial charge < -0.3 is 33.3 Å². The highest BCUT2D eigenvalue weighted by molar-refractivity contribution is 6.74. The number of aliphatic hydroxyl groups is 2. The molecule has 7 atom stereocenters. The molecule has 0 aromatic rings. The maximum atomic E-state index is 13.4. The molecule has 2 heterocycles. The zero-order chi connectivity index (χ0) is 30.7. The molecule has 0 aromatic heterocycles. The summed E-state index contributed by atoms with van der Waals surface area (Å²) in [4.78, 5) is 14.9. The van der Waals surface area contributed by atoms with Crippen molar-refractivity contribution in [1.29, 1.82) is 0 Å². The van der Waals surface area contributed by atoms with Crippen molar-refractivity contribution < 1.29 is 38.1 Å². The molecule has 0 aliphatic carbocycles. The van der Waals surface area contributed by atoms with Crippen LogP contribution in [0.5, 0.6) is 0 Å². The fourth-order valence-electron chi connectivity index (χ4n) is 4.66. The van der Waals surface area contributed by atoms with Crippen molar-refractivity contribution in [3.05, 3.63) is 0 Å². The normalized spacial score (nSPS) is 31.5. The van der Waals surface area contributed by atoms with Crippen LogP contribution in [0.4, 0.5) is 4.79 Å². The Bertz CT molecular complexity index is 874. The van der Waals surface area contributed by atoms with Gasteiger partial charge in [-0.05, 0) is 77.8 Å². The molecule has 230 valence electrons. The van der Waals surface area contributed by atoms with Gasteiger partial charge in [-0.3, -0.25) is 4.90 Å². The van der Waals surface area contributed by atoms with E-state index in [0.717, 1.165) is 0 Å². The molecule has 9 nitrogen and oxygen atoms in total. The molecule has 2 saturated heterocycles. The van der Waals surface area contributed by atoms with E-state index in [-0.39, 0.29) is 10.1 Å². The molecular weight excluding hydrogens is 534 g/mol. The summed E-state index contributed by atoms with van der Waals surface area (Å²) in [7, 11) is -4.77. The predicted octanol–water partition coefficient (Wildman–Crippen LogP) is 5.61. The van der Waals surface area contributed by atoms with E-state index in [0.29, 0.717) is 0 Å². The third-order valence-corrected chi connectivity index (χ3v) is 17.8. The lowest BCUT2D eigenvalue weighted by Gasteiger charge is -2.44. The number of ether oxygens (including phenoxy) is 3. The van der Waals surface area contributed by atoms with Crippen molar-refractivity contribution in [3.63, 3.8) is 0 Å². The van der Waals surface area contributed by atoms with Gasteiger partial charge >= 0.3 is 6.09 Å². The van der Waals surface area contributed by atoms with Crippen molar-refractivity contribution in [3.8, 4) is 0 Å². The Morgan fingerprint density at radius 2 is 1.33 bits per heavy atom. The maximum Gasteiger partial charge on any atom is 0.413 e. The van der Waals surface area contributed by atoms with Gasteiger partial charge in [0.1, 0.15) is 35.7 Å². The second kappa shape index (κ2) is 10.9. The lowest BCUT2D eigenvalue weighted by atomic mass is 9.95. The van der Waals surface area contributed by atoms with Crippen molar-refractivity contribution in [2.45, 2.75) is 174 Å². The van der Waals surface area contributed by atoms with Crippen molar-refractivity contribution in [1.82, 2.24) is 4.90 Å². The summed E-state index contributed by atoms with van der Waals surface area (Å²) in [6.45, 7) is 32.1. The number of carbonyl (C=O) groups excluding carboxylic acids is 1. The molecule has 0 radical (unpaired) electrons. The monoisotopic (exact) mass is 591 g/mol. The number of hydrogen-bond donors (Lipinski definition) is 2. The molecular formula is C28H57NO8Si2. The third-order valence-electron chi connectivity index (χ3n) is 8.81. The largest absolute Gasteiger partial charge is 0.444 e. The van der Waals surface area contributed by atoms with E-state index in [1.165, 1.54) is 4.90 Å². The first-order chi connectivity index (χ1) is 17.1. The van der Waals surface area contributed by atoms with E-state index >= 15 is 0 Å². The van der Waals surface area contributed by atoms with E-state index in [1.54, 1.807) is 34.6 Å². The van der Waals surface area contributed by atoms with E-state index in [2.05, 4.69) is 67.7 Å². The molecule has 1 amide bonds. The predicted molar refractivity (Wildman–Crippen MR) is 158 cm³/mol. The highest BCUT2D eigenvalue weighted by Gasteiger charge is 2.60.